The van der Waals surface area contributed by atoms with E-state index in [4.69, 9.17) is 21.2 Å². The number of amides is 1. The molecule has 0 aromatic heterocycles. The van der Waals surface area contributed by atoms with Crippen LogP contribution in [0.5, 0.6) is 0 Å². The third-order valence-corrected chi connectivity index (χ3v) is 6.11. The van der Waals surface area contributed by atoms with E-state index in [-0.39, 0.29) is 17.2 Å². The fourth-order valence-electron chi connectivity index (χ4n) is 4.46. The maximum Gasteiger partial charge on any atom is 0.282 e. The van der Waals surface area contributed by atoms with Crippen molar-refractivity contribution in [2.45, 2.75) is 51.4 Å². The van der Waals surface area contributed by atoms with Gasteiger partial charge in [-0.1, -0.05) is 11.6 Å². The first-order valence-corrected chi connectivity index (χ1v) is 9.99. The Morgan fingerprint density at radius 2 is 1.89 bits per heavy atom. The molecule has 0 radical (unpaired) electrons. The standard InChI is InChI=1S/C20H25ClN2O5/c1-12-10-14(21)11-13(2)16(12)17-18(24)20(5-7-22(26)8-6-20)23(19(17)25)28-15-4-3-9-27-15/h10-11,15,24,26H,3-9H2,1-2H3. The maximum absolute atomic E-state index is 13.5. The molecule has 3 aliphatic heterocycles. The molecule has 2 fully saturated rings. The fourth-order valence-corrected chi connectivity index (χ4v) is 4.79. The highest BCUT2D eigenvalue weighted by Gasteiger charge is 2.56. The Morgan fingerprint density at radius 1 is 1.25 bits per heavy atom. The molecule has 2 saturated heterocycles. The van der Waals surface area contributed by atoms with Crippen molar-refractivity contribution in [3.8, 4) is 0 Å². The van der Waals surface area contributed by atoms with Gasteiger partial charge in [0.05, 0.1) is 12.2 Å². The van der Waals surface area contributed by atoms with Gasteiger partial charge in [-0.05, 0) is 61.9 Å². The number of nitrogens with zero attached hydrogens (tertiary/aromatic N) is 2. The minimum Gasteiger partial charge on any atom is -0.509 e. The lowest BCUT2D eigenvalue weighted by Crippen LogP contribution is -2.55. The van der Waals surface area contributed by atoms with Crippen LogP contribution in [0, 0.1) is 13.8 Å². The lowest BCUT2D eigenvalue weighted by Gasteiger charge is -2.42. The highest BCUT2D eigenvalue weighted by molar-refractivity contribution is 6.31. The van der Waals surface area contributed by atoms with Gasteiger partial charge in [0.25, 0.3) is 5.91 Å². The smallest absolute Gasteiger partial charge is 0.282 e. The molecule has 2 N–H and O–H groups in total. The Morgan fingerprint density at radius 3 is 2.46 bits per heavy atom. The van der Waals surface area contributed by atoms with Crippen molar-refractivity contribution in [2.75, 3.05) is 19.7 Å². The van der Waals surface area contributed by atoms with E-state index in [9.17, 15) is 15.1 Å². The number of hydrogen-bond donors (Lipinski definition) is 2. The summed E-state index contributed by atoms with van der Waals surface area (Å²) in [7, 11) is 0. The largest absolute Gasteiger partial charge is 0.509 e. The summed E-state index contributed by atoms with van der Waals surface area (Å²) in [5.74, 6) is -0.384. The number of aliphatic hydroxyl groups is 1. The van der Waals surface area contributed by atoms with Crippen molar-refractivity contribution in [3.05, 3.63) is 39.6 Å². The molecule has 1 atom stereocenters. The quantitative estimate of drug-likeness (QED) is 0.798. The lowest BCUT2D eigenvalue weighted by molar-refractivity contribution is -0.290. The summed E-state index contributed by atoms with van der Waals surface area (Å²) in [5.41, 5.74) is 1.55. The molecule has 0 saturated carbocycles. The minimum absolute atomic E-state index is 0.00267. The van der Waals surface area contributed by atoms with Crippen molar-refractivity contribution in [1.29, 1.82) is 0 Å². The molecule has 28 heavy (non-hydrogen) atoms. The molecule has 0 aliphatic carbocycles. The molecule has 3 aliphatic rings. The van der Waals surface area contributed by atoms with Crippen LogP contribution < -0.4 is 0 Å². The summed E-state index contributed by atoms with van der Waals surface area (Å²) < 4.78 is 5.56. The van der Waals surface area contributed by atoms with E-state index < -0.39 is 11.8 Å². The average molecular weight is 409 g/mol. The number of hydrogen-bond acceptors (Lipinski definition) is 6. The summed E-state index contributed by atoms with van der Waals surface area (Å²) in [5, 5.41) is 24.2. The monoisotopic (exact) mass is 408 g/mol. The van der Waals surface area contributed by atoms with Crippen LogP contribution >= 0.6 is 11.6 Å². The molecular formula is C20H25ClN2O5. The second-order valence-electron chi connectivity index (χ2n) is 7.77. The van der Waals surface area contributed by atoms with Gasteiger partial charge in [-0.25, -0.2) is 9.90 Å². The number of carbonyl (C=O) groups is 1. The van der Waals surface area contributed by atoms with Crippen LogP contribution in [-0.4, -0.2) is 57.9 Å². The average Bonchev–Trinajstić information content (AvgIpc) is 3.21. The van der Waals surface area contributed by atoms with Gasteiger partial charge < -0.3 is 15.1 Å². The molecule has 0 bridgehead atoms. The Kier molecular flexibility index (Phi) is 5.14. The van der Waals surface area contributed by atoms with E-state index in [1.165, 1.54) is 10.1 Å². The van der Waals surface area contributed by atoms with E-state index in [1.807, 2.05) is 13.8 Å². The number of benzene rings is 1. The van der Waals surface area contributed by atoms with E-state index >= 15 is 0 Å². The highest BCUT2D eigenvalue weighted by Crippen LogP contribution is 2.47. The minimum atomic E-state index is -1.00. The summed E-state index contributed by atoms with van der Waals surface area (Å²) in [6.45, 7) is 4.98. The van der Waals surface area contributed by atoms with Crippen molar-refractivity contribution < 1.29 is 24.7 Å². The molecule has 1 spiro atoms. The molecule has 3 heterocycles. The van der Waals surface area contributed by atoms with Crippen LogP contribution in [-0.2, 0) is 14.4 Å². The summed E-state index contributed by atoms with van der Waals surface area (Å²) in [4.78, 5) is 19.4. The molecule has 1 amide bonds. The predicted molar refractivity (Wildman–Crippen MR) is 103 cm³/mol. The van der Waals surface area contributed by atoms with Gasteiger partial charge in [-0.15, -0.1) is 0 Å². The van der Waals surface area contributed by atoms with Crippen molar-refractivity contribution in [3.63, 3.8) is 0 Å². The van der Waals surface area contributed by atoms with Crippen LogP contribution in [0.3, 0.4) is 0 Å². The Balaban J connectivity index is 1.80. The van der Waals surface area contributed by atoms with E-state index in [0.29, 0.717) is 49.5 Å². The van der Waals surface area contributed by atoms with Crippen LogP contribution in [0.1, 0.15) is 42.4 Å². The van der Waals surface area contributed by atoms with E-state index in [2.05, 4.69) is 0 Å². The number of piperidine rings is 1. The number of halogens is 1. The van der Waals surface area contributed by atoms with Gasteiger partial charge in [0.15, 0.2) is 6.29 Å². The van der Waals surface area contributed by atoms with Gasteiger partial charge in [-0.2, -0.15) is 5.06 Å². The first kappa shape index (κ1) is 19.7. The molecule has 7 nitrogen and oxygen atoms in total. The number of rotatable bonds is 3. The summed E-state index contributed by atoms with van der Waals surface area (Å²) in [6, 6.07) is 3.56. The zero-order valence-corrected chi connectivity index (χ0v) is 16.8. The number of ether oxygens (including phenoxy) is 1. The SMILES string of the molecule is Cc1cc(Cl)cc(C)c1C1=C(O)C2(CCN(O)CC2)N(OC2CCCO2)C1=O. The Labute approximate surface area is 169 Å². The van der Waals surface area contributed by atoms with Gasteiger partial charge in [0.1, 0.15) is 11.3 Å². The summed E-state index contributed by atoms with van der Waals surface area (Å²) >= 11 is 6.15. The molecule has 1 unspecified atom stereocenters. The molecular weight excluding hydrogens is 384 g/mol. The second-order valence-corrected chi connectivity index (χ2v) is 8.21. The maximum atomic E-state index is 13.5. The molecule has 1 aromatic rings. The number of aliphatic hydroxyl groups excluding tert-OH is 1. The first-order valence-electron chi connectivity index (χ1n) is 9.61. The van der Waals surface area contributed by atoms with Gasteiger partial charge in [-0.3, -0.25) is 4.79 Å². The van der Waals surface area contributed by atoms with Crippen molar-refractivity contribution in [2.24, 2.45) is 0 Å². The van der Waals surface area contributed by atoms with Crippen molar-refractivity contribution in [1.82, 2.24) is 10.1 Å². The van der Waals surface area contributed by atoms with Crippen LogP contribution in [0.2, 0.25) is 5.02 Å². The van der Waals surface area contributed by atoms with Gasteiger partial charge in [0.2, 0.25) is 0 Å². The molecule has 1 aromatic carbocycles. The second kappa shape index (κ2) is 7.31. The van der Waals surface area contributed by atoms with Gasteiger partial charge in [0, 0.05) is 24.5 Å². The van der Waals surface area contributed by atoms with Crippen molar-refractivity contribution >= 4 is 23.1 Å². The van der Waals surface area contributed by atoms with Gasteiger partial charge >= 0.3 is 0 Å². The Hall–Kier alpha value is -1.64. The van der Waals surface area contributed by atoms with Crippen LogP contribution in [0.4, 0.5) is 0 Å². The zero-order valence-electron chi connectivity index (χ0n) is 16.1. The molecule has 8 heteroatoms. The van der Waals surface area contributed by atoms with E-state index in [0.717, 1.165) is 17.5 Å². The molecule has 152 valence electrons. The van der Waals surface area contributed by atoms with Crippen LogP contribution in [0.25, 0.3) is 5.57 Å². The number of hydroxylamine groups is 4. The molecule has 4 rings (SSSR count). The zero-order chi connectivity index (χ0) is 20.1. The third-order valence-electron chi connectivity index (χ3n) is 5.89. The van der Waals surface area contributed by atoms with Crippen LogP contribution in [0.15, 0.2) is 17.9 Å². The Bertz CT molecular complexity index is 803. The van der Waals surface area contributed by atoms with E-state index in [1.54, 1.807) is 12.1 Å². The third kappa shape index (κ3) is 3.11. The lowest BCUT2D eigenvalue weighted by atomic mass is 9.85. The number of carbonyl (C=O) groups excluding carboxylic acids is 1. The number of aryl methyl sites for hydroxylation is 2. The topological polar surface area (TPSA) is 82.5 Å². The summed E-state index contributed by atoms with van der Waals surface area (Å²) in [6.07, 6.45) is 1.78. The normalized spacial score (nSPS) is 25.4. The highest BCUT2D eigenvalue weighted by atomic mass is 35.5. The predicted octanol–water partition coefficient (Wildman–Crippen LogP) is 3.36. The fraction of sp³-hybridized carbons (Fsp3) is 0.550. The first-order chi connectivity index (χ1) is 13.3.